The molecular formula is C22H15Cl2N3O2. The fourth-order valence-electron chi connectivity index (χ4n) is 2.69. The van der Waals surface area contributed by atoms with Crippen molar-refractivity contribution in [1.82, 2.24) is 9.78 Å². The number of rotatable bonds is 4. The highest BCUT2D eigenvalue weighted by atomic mass is 35.5. The summed E-state index contributed by atoms with van der Waals surface area (Å²) in [4.78, 5) is 12.4. The molecule has 0 saturated heterocycles. The summed E-state index contributed by atoms with van der Waals surface area (Å²) in [6.07, 6.45) is 1.59. The molecule has 4 aromatic rings. The highest BCUT2D eigenvalue weighted by molar-refractivity contribution is 6.33. The minimum Gasteiger partial charge on any atom is -0.457 e. The molecule has 29 heavy (non-hydrogen) atoms. The van der Waals surface area contributed by atoms with Gasteiger partial charge in [-0.1, -0.05) is 41.4 Å². The molecule has 0 aliphatic heterocycles. The second kappa shape index (κ2) is 8.39. The van der Waals surface area contributed by atoms with Crippen LogP contribution in [0.4, 0.5) is 10.5 Å². The molecule has 1 N–H and O–H groups in total. The largest absolute Gasteiger partial charge is 0.457 e. The summed E-state index contributed by atoms with van der Waals surface area (Å²) in [6, 6.07) is 22.9. The maximum absolute atomic E-state index is 12.4. The smallest absolute Gasteiger partial charge is 0.346 e. The molecule has 0 aliphatic carbocycles. The first kappa shape index (κ1) is 19.1. The van der Waals surface area contributed by atoms with E-state index in [4.69, 9.17) is 27.9 Å². The number of aromatic nitrogens is 2. The van der Waals surface area contributed by atoms with Gasteiger partial charge in [-0.3, -0.25) is 0 Å². The van der Waals surface area contributed by atoms with Gasteiger partial charge in [0, 0.05) is 28.5 Å². The number of carbonyl (C=O) groups excluding carboxylic acids is 1. The van der Waals surface area contributed by atoms with Crippen LogP contribution in [0.1, 0.15) is 0 Å². The van der Waals surface area contributed by atoms with Gasteiger partial charge in [0.25, 0.3) is 0 Å². The monoisotopic (exact) mass is 423 g/mol. The van der Waals surface area contributed by atoms with E-state index in [0.717, 1.165) is 0 Å². The van der Waals surface area contributed by atoms with Crippen molar-refractivity contribution in [3.8, 4) is 22.8 Å². The van der Waals surface area contributed by atoms with Crippen LogP contribution in [-0.2, 0) is 0 Å². The molecular weight excluding hydrogens is 409 g/mol. The fraction of sp³-hybridized carbons (Fsp3) is 0. The number of benzene rings is 3. The number of hydrogen-bond acceptors (Lipinski definition) is 3. The molecule has 1 heterocycles. The van der Waals surface area contributed by atoms with E-state index in [2.05, 4.69) is 10.4 Å². The Morgan fingerprint density at radius 2 is 1.62 bits per heavy atom. The zero-order valence-electron chi connectivity index (χ0n) is 15.0. The molecule has 5 nitrogen and oxygen atoms in total. The minimum atomic E-state index is -0.360. The van der Waals surface area contributed by atoms with Crippen LogP contribution in [0.25, 0.3) is 11.3 Å². The lowest BCUT2D eigenvalue weighted by Crippen LogP contribution is -2.19. The second-order valence-electron chi connectivity index (χ2n) is 6.14. The number of amides is 1. The Labute approximate surface area is 177 Å². The Kier molecular flexibility index (Phi) is 5.51. The lowest BCUT2D eigenvalue weighted by Gasteiger charge is -2.08. The molecule has 0 spiro atoms. The van der Waals surface area contributed by atoms with E-state index in [1.807, 2.05) is 18.2 Å². The van der Waals surface area contributed by atoms with Crippen LogP contribution in [0.3, 0.4) is 0 Å². The van der Waals surface area contributed by atoms with Gasteiger partial charge in [-0.2, -0.15) is 9.78 Å². The van der Waals surface area contributed by atoms with Crippen molar-refractivity contribution in [3.05, 3.63) is 95.1 Å². The topological polar surface area (TPSA) is 56.2 Å². The van der Waals surface area contributed by atoms with E-state index >= 15 is 0 Å². The van der Waals surface area contributed by atoms with Crippen molar-refractivity contribution in [1.29, 1.82) is 0 Å². The summed E-state index contributed by atoms with van der Waals surface area (Å²) < 4.78 is 7.01. The Morgan fingerprint density at radius 3 is 2.34 bits per heavy atom. The molecule has 0 saturated carbocycles. The van der Waals surface area contributed by atoms with Gasteiger partial charge in [0.2, 0.25) is 0 Å². The maximum atomic E-state index is 12.4. The predicted octanol–water partition coefficient (Wildman–Crippen LogP) is 6.73. The molecule has 1 aromatic heterocycles. The molecule has 1 amide bonds. The normalized spacial score (nSPS) is 10.6. The Morgan fingerprint density at radius 1 is 0.897 bits per heavy atom. The summed E-state index contributed by atoms with van der Waals surface area (Å²) >= 11 is 12.3. The molecule has 0 radical (unpaired) electrons. The quantitative estimate of drug-likeness (QED) is 0.395. The molecule has 0 fully saturated rings. The van der Waals surface area contributed by atoms with Gasteiger partial charge in [0.1, 0.15) is 11.5 Å². The highest BCUT2D eigenvalue weighted by Gasteiger charge is 2.12. The first-order chi connectivity index (χ1) is 14.1. The number of ether oxygens (including phenoxy) is 1. The predicted molar refractivity (Wildman–Crippen MR) is 115 cm³/mol. The average molecular weight is 424 g/mol. The van der Waals surface area contributed by atoms with Crippen LogP contribution in [0, 0.1) is 0 Å². The van der Waals surface area contributed by atoms with Crippen LogP contribution < -0.4 is 10.1 Å². The van der Waals surface area contributed by atoms with Gasteiger partial charge in [-0.15, -0.1) is 0 Å². The number of anilines is 1. The summed E-state index contributed by atoms with van der Waals surface area (Å²) in [5.74, 6) is 1.24. The van der Waals surface area contributed by atoms with Crippen LogP contribution in [0.5, 0.6) is 11.5 Å². The number of hydrogen-bond donors (Lipinski definition) is 1. The van der Waals surface area contributed by atoms with Gasteiger partial charge in [-0.05, 0) is 54.6 Å². The Bertz CT molecular complexity index is 1140. The van der Waals surface area contributed by atoms with Crippen LogP contribution in [-0.4, -0.2) is 15.8 Å². The average Bonchev–Trinajstić information content (AvgIpc) is 3.21. The molecule has 0 unspecified atom stereocenters. The standard InChI is InChI=1S/C22H15Cl2N3O2/c23-15-6-8-17(9-7-15)29-18-10-11-19(20(24)14-18)21-12-13-27(26-21)22(28)25-16-4-2-1-3-5-16/h1-14H,(H,25,28). The van der Waals surface area contributed by atoms with E-state index in [9.17, 15) is 4.79 Å². The van der Waals surface area contributed by atoms with Crippen molar-refractivity contribution >= 4 is 34.9 Å². The maximum Gasteiger partial charge on any atom is 0.346 e. The van der Waals surface area contributed by atoms with Crippen LogP contribution in [0.15, 0.2) is 85.1 Å². The van der Waals surface area contributed by atoms with Crippen molar-refractivity contribution in [2.45, 2.75) is 0 Å². The zero-order chi connectivity index (χ0) is 20.2. The molecule has 0 atom stereocenters. The van der Waals surface area contributed by atoms with Crippen molar-refractivity contribution < 1.29 is 9.53 Å². The first-order valence-electron chi connectivity index (χ1n) is 8.74. The molecule has 144 valence electrons. The van der Waals surface area contributed by atoms with Crippen molar-refractivity contribution in [3.63, 3.8) is 0 Å². The van der Waals surface area contributed by atoms with Crippen LogP contribution >= 0.6 is 23.2 Å². The second-order valence-corrected chi connectivity index (χ2v) is 6.98. The van der Waals surface area contributed by atoms with Gasteiger partial charge in [-0.25, -0.2) is 4.79 Å². The van der Waals surface area contributed by atoms with E-state index in [1.165, 1.54) is 4.68 Å². The number of halogens is 2. The summed E-state index contributed by atoms with van der Waals surface area (Å²) in [6.45, 7) is 0. The van der Waals surface area contributed by atoms with Gasteiger partial charge in [0.05, 0.1) is 10.7 Å². The molecule has 0 aliphatic rings. The summed E-state index contributed by atoms with van der Waals surface area (Å²) in [5.41, 5.74) is 1.97. The highest BCUT2D eigenvalue weighted by Crippen LogP contribution is 2.32. The lowest BCUT2D eigenvalue weighted by atomic mass is 10.1. The van der Waals surface area contributed by atoms with Crippen LogP contribution in [0.2, 0.25) is 10.0 Å². The Hall–Kier alpha value is -3.28. The number of carbonyl (C=O) groups is 1. The third kappa shape index (κ3) is 4.59. The third-order valence-electron chi connectivity index (χ3n) is 4.09. The van der Waals surface area contributed by atoms with Crippen molar-refractivity contribution in [2.75, 3.05) is 5.32 Å². The SMILES string of the molecule is O=C(Nc1ccccc1)n1ccc(-c2ccc(Oc3ccc(Cl)cc3)cc2Cl)n1. The van der Waals surface area contributed by atoms with E-state index < -0.39 is 0 Å². The summed E-state index contributed by atoms with van der Waals surface area (Å²) in [7, 11) is 0. The third-order valence-corrected chi connectivity index (χ3v) is 4.65. The van der Waals surface area contributed by atoms with Crippen molar-refractivity contribution in [2.24, 2.45) is 0 Å². The first-order valence-corrected chi connectivity index (χ1v) is 9.49. The lowest BCUT2D eigenvalue weighted by molar-refractivity contribution is 0.251. The van der Waals surface area contributed by atoms with Gasteiger partial charge < -0.3 is 10.1 Å². The molecule has 4 rings (SSSR count). The number of para-hydroxylation sites is 1. The molecule has 0 bridgehead atoms. The Balaban J connectivity index is 1.50. The van der Waals surface area contributed by atoms with Gasteiger partial charge >= 0.3 is 6.03 Å². The zero-order valence-corrected chi connectivity index (χ0v) is 16.6. The summed E-state index contributed by atoms with van der Waals surface area (Å²) in [5, 5.41) is 8.20. The van der Waals surface area contributed by atoms with E-state index in [1.54, 1.807) is 66.9 Å². The number of nitrogens with one attached hydrogen (secondary N) is 1. The minimum absolute atomic E-state index is 0.360. The number of nitrogens with zero attached hydrogens (tertiary/aromatic N) is 2. The van der Waals surface area contributed by atoms with Gasteiger partial charge in [0.15, 0.2) is 0 Å². The fourth-order valence-corrected chi connectivity index (χ4v) is 3.08. The van der Waals surface area contributed by atoms with E-state index in [-0.39, 0.29) is 6.03 Å². The molecule has 7 heteroatoms. The van der Waals surface area contributed by atoms with E-state index in [0.29, 0.717) is 38.5 Å². The molecule has 3 aromatic carbocycles.